The van der Waals surface area contributed by atoms with Gasteiger partial charge in [0.15, 0.2) is 0 Å². The van der Waals surface area contributed by atoms with E-state index in [-0.39, 0.29) is 36.9 Å². The molecule has 0 saturated heterocycles. The fourth-order valence-electron chi connectivity index (χ4n) is 3.42. The molecule has 2 aromatic rings. The molecule has 1 amide bonds. The molecule has 150 valence electrons. The second-order valence-corrected chi connectivity index (χ2v) is 6.90. The van der Waals surface area contributed by atoms with Gasteiger partial charge in [-0.1, -0.05) is 12.1 Å². The maximum absolute atomic E-state index is 14.0. The third-order valence-corrected chi connectivity index (χ3v) is 5.06. The first kappa shape index (κ1) is 20.4. The monoisotopic (exact) mass is 398 g/mol. The molecule has 1 aliphatic heterocycles. The summed E-state index contributed by atoms with van der Waals surface area (Å²) in [7, 11) is 1.59. The maximum atomic E-state index is 14.0. The van der Waals surface area contributed by atoms with Gasteiger partial charge >= 0.3 is 0 Å². The van der Waals surface area contributed by atoms with Crippen LogP contribution in [0.3, 0.4) is 0 Å². The third kappa shape index (κ3) is 4.10. The molecule has 0 unspecified atom stereocenters. The van der Waals surface area contributed by atoms with Gasteiger partial charge in [0.1, 0.15) is 24.0 Å². The lowest BCUT2D eigenvalue weighted by atomic mass is 10.1. The van der Waals surface area contributed by atoms with E-state index in [2.05, 4.69) is 0 Å². The van der Waals surface area contributed by atoms with Crippen LogP contribution in [0.5, 0.6) is 0 Å². The van der Waals surface area contributed by atoms with Gasteiger partial charge in [-0.15, -0.1) is 0 Å². The second kappa shape index (κ2) is 8.37. The van der Waals surface area contributed by atoms with Gasteiger partial charge in [-0.3, -0.25) is 9.80 Å². The fourth-order valence-corrected chi connectivity index (χ4v) is 3.42. The molecule has 0 spiro atoms. The molecule has 8 heteroatoms. The number of hydrogen-bond acceptors (Lipinski definition) is 5. The molecule has 0 bridgehead atoms. The zero-order chi connectivity index (χ0) is 21.1. The summed E-state index contributed by atoms with van der Waals surface area (Å²) in [6.07, 6.45) is 0.642. The van der Waals surface area contributed by atoms with Gasteiger partial charge in [0.25, 0.3) is 5.91 Å². The van der Waals surface area contributed by atoms with Crippen LogP contribution in [0.15, 0.2) is 30.3 Å². The number of carbonyl (C=O) groups is 2. The van der Waals surface area contributed by atoms with Crippen LogP contribution < -0.4 is 4.90 Å². The molecule has 0 fully saturated rings. The van der Waals surface area contributed by atoms with Crippen molar-refractivity contribution < 1.29 is 18.4 Å². The molecule has 3 rings (SSSR count). The Labute approximate surface area is 167 Å². The summed E-state index contributed by atoms with van der Waals surface area (Å²) in [4.78, 5) is 25.5. The number of halogens is 2. The molecule has 1 aliphatic rings. The van der Waals surface area contributed by atoms with Crippen LogP contribution in [0.2, 0.25) is 0 Å². The summed E-state index contributed by atoms with van der Waals surface area (Å²) in [6, 6.07) is 9.15. The molecular weight excluding hydrogens is 378 g/mol. The van der Waals surface area contributed by atoms with E-state index in [0.29, 0.717) is 29.6 Å². The molecule has 0 aromatic heterocycles. The summed E-state index contributed by atoms with van der Waals surface area (Å²) in [5, 5.41) is 12.2. The zero-order valence-corrected chi connectivity index (χ0v) is 16.2. The molecule has 0 N–H and O–H groups in total. The number of aldehydes is 1. The van der Waals surface area contributed by atoms with Crippen molar-refractivity contribution in [1.29, 1.82) is 5.26 Å². The van der Waals surface area contributed by atoms with Gasteiger partial charge in [-0.2, -0.15) is 5.26 Å². The van der Waals surface area contributed by atoms with Gasteiger partial charge in [-0.25, -0.2) is 13.8 Å². The van der Waals surface area contributed by atoms with Gasteiger partial charge in [-0.05, 0) is 36.2 Å². The smallest absolute Gasteiger partial charge is 0.256 e. The molecule has 0 atom stereocenters. The highest BCUT2D eigenvalue weighted by atomic mass is 19.1. The van der Waals surface area contributed by atoms with Crippen molar-refractivity contribution in [3.05, 3.63) is 64.2 Å². The first-order valence-corrected chi connectivity index (χ1v) is 9.02. The highest BCUT2D eigenvalue weighted by Gasteiger charge is 2.28. The summed E-state index contributed by atoms with van der Waals surface area (Å²) >= 11 is 0. The Balaban J connectivity index is 1.78. The number of likely N-dealkylation sites (N-methyl/N-ethyl adjacent to an activating group) is 1. The van der Waals surface area contributed by atoms with E-state index in [4.69, 9.17) is 5.26 Å². The molecule has 0 radical (unpaired) electrons. The number of amides is 1. The van der Waals surface area contributed by atoms with Crippen molar-refractivity contribution in [2.75, 3.05) is 25.0 Å². The largest absolute Gasteiger partial charge is 0.355 e. The van der Waals surface area contributed by atoms with Crippen molar-refractivity contribution in [3.8, 4) is 6.07 Å². The van der Waals surface area contributed by atoms with Crippen molar-refractivity contribution >= 4 is 17.9 Å². The number of carbonyl (C=O) groups excluding carboxylic acids is 2. The second-order valence-electron chi connectivity index (χ2n) is 6.90. The van der Waals surface area contributed by atoms with Crippen molar-refractivity contribution in [2.45, 2.75) is 20.0 Å². The van der Waals surface area contributed by atoms with Crippen LogP contribution in [-0.2, 0) is 22.7 Å². The number of hydrogen-bond donors (Lipinski definition) is 0. The van der Waals surface area contributed by atoms with E-state index < -0.39 is 5.82 Å². The van der Waals surface area contributed by atoms with Crippen LogP contribution in [-0.4, -0.2) is 42.3 Å². The Bertz CT molecular complexity index is 1000. The number of anilines is 1. The van der Waals surface area contributed by atoms with Crippen LogP contribution in [0.25, 0.3) is 0 Å². The Morgan fingerprint density at radius 1 is 1.28 bits per heavy atom. The average Bonchev–Trinajstić information content (AvgIpc) is 3.13. The Morgan fingerprint density at radius 2 is 2.03 bits per heavy atom. The van der Waals surface area contributed by atoms with Gasteiger partial charge < -0.3 is 9.69 Å². The van der Waals surface area contributed by atoms with E-state index in [9.17, 15) is 18.4 Å². The number of nitrogens with zero attached hydrogens (tertiary/aromatic N) is 4. The van der Waals surface area contributed by atoms with Crippen LogP contribution in [0.4, 0.5) is 14.5 Å². The molecule has 6 nitrogen and oxygen atoms in total. The normalized spacial score (nSPS) is 12.9. The minimum Gasteiger partial charge on any atom is -0.355 e. The predicted molar refractivity (Wildman–Crippen MR) is 103 cm³/mol. The SMILES string of the molecule is Cc1cc(F)c(C#N)cc1N(CC=O)CC(=O)N(C)N1Cc2cccc(F)c2C1. The first-order chi connectivity index (χ1) is 13.8. The molecule has 0 aliphatic carbocycles. The Kier molecular flexibility index (Phi) is 5.89. The number of aryl methyl sites for hydroxylation is 1. The third-order valence-electron chi connectivity index (χ3n) is 5.06. The fraction of sp³-hybridized carbons (Fsp3) is 0.286. The first-order valence-electron chi connectivity index (χ1n) is 9.02. The minimum atomic E-state index is -0.653. The summed E-state index contributed by atoms with van der Waals surface area (Å²) in [5.41, 5.74) is 2.17. The number of nitriles is 1. The lowest BCUT2D eigenvalue weighted by Crippen LogP contribution is -2.46. The summed E-state index contributed by atoms with van der Waals surface area (Å²) in [5.74, 6) is -1.28. The Hall–Kier alpha value is -3.31. The average molecular weight is 398 g/mol. The quantitative estimate of drug-likeness (QED) is 0.700. The van der Waals surface area contributed by atoms with E-state index >= 15 is 0 Å². The van der Waals surface area contributed by atoms with E-state index in [0.717, 1.165) is 5.56 Å². The number of hydrazine groups is 1. The number of fused-ring (bicyclic) bond motifs is 1. The number of benzene rings is 2. The van der Waals surface area contributed by atoms with Crippen LogP contribution >= 0.6 is 0 Å². The van der Waals surface area contributed by atoms with Crippen LogP contribution in [0, 0.1) is 29.9 Å². The predicted octanol–water partition coefficient (Wildman–Crippen LogP) is 2.54. The zero-order valence-electron chi connectivity index (χ0n) is 16.2. The highest BCUT2D eigenvalue weighted by molar-refractivity contribution is 5.82. The lowest BCUT2D eigenvalue weighted by Gasteiger charge is -2.31. The lowest BCUT2D eigenvalue weighted by molar-refractivity contribution is -0.145. The number of rotatable bonds is 6. The van der Waals surface area contributed by atoms with E-state index in [1.54, 1.807) is 31.1 Å². The minimum absolute atomic E-state index is 0.0915. The molecule has 0 saturated carbocycles. The molecule has 1 heterocycles. The van der Waals surface area contributed by atoms with Crippen LogP contribution in [0.1, 0.15) is 22.3 Å². The standard InChI is InChI=1S/C21H20F2N4O2/c1-14-8-19(23)16(10-24)9-20(14)26(6-7-28)13-21(29)25(2)27-11-15-4-3-5-18(22)17(15)12-27/h3-5,7-9H,6,11-13H2,1-2H3. The van der Waals surface area contributed by atoms with Gasteiger partial charge in [0.05, 0.1) is 18.7 Å². The highest BCUT2D eigenvalue weighted by Crippen LogP contribution is 2.27. The van der Waals surface area contributed by atoms with Crippen molar-refractivity contribution in [2.24, 2.45) is 0 Å². The Morgan fingerprint density at radius 3 is 2.69 bits per heavy atom. The van der Waals surface area contributed by atoms with Crippen molar-refractivity contribution in [3.63, 3.8) is 0 Å². The molecule has 2 aromatic carbocycles. The van der Waals surface area contributed by atoms with E-state index in [1.807, 2.05) is 6.07 Å². The summed E-state index contributed by atoms with van der Waals surface area (Å²) < 4.78 is 27.8. The van der Waals surface area contributed by atoms with Gasteiger partial charge in [0, 0.05) is 31.4 Å². The van der Waals surface area contributed by atoms with Crippen molar-refractivity contribution in [1.82, 2.24) is 10.0 Å². The van der Waals surface area contributed by atoms with Gasteiger partial charge in [0.2, 0.25) is 0 Å². The maximum Gasteiger partial charge on any atom is 0.256 e. The topological polar surface area (TPSA) is 67.6 Å². The molecular formula is C21H20F2N4O2. The molecule has 29 heavy (non-hydrogen) atoms. The van der Waals surface area contributed by atoms with E-state index in [1.165, 1.54) is 28.1 Å². The summed E-state index contributed by atoms with van der Waals surface area (Å²) in [6.45, 7) is 2.07.